The van der Waals surface area contributed by atoms with Crippen molar-refractivity contribution >= 4 is 22.8 Å². The molecule has 0 saturated carbocycles. The van der Waals surface area contributed by atoms with Crippen molar-refractivity contribution in [3.63, 3.8) is 0 Å². The summed E-state index contributed by atoms with van der Waals surface area (Å²) < 4.78 is 38.2. The molecular formula is C13H15F3N6. The second-order valence-corrected chi connectivity index (χ2v) is 4.66. The first-order valence-electron chi connectivity index (χ1n) is 6.38. The number of hydrogen-bond acceptors (Lipinski definition) is 2. The molecule has 0 unspecified atom stereocenters. The maximum atomic E-state index is 12.7. The molecule has 6 nitrogen and oxygen atoms in total. The highest BCUT2D eigenvalue weighted by Gasteiger charge is 2.30. The molecule has 2 rings (SSSR count). The summed E-state index contributed by atoms with van der Waals surface area (Å²) in [6.45, 7) is 0.322. The van der Waals surface area contributed by atoms with Crippen molar-refractivity contribution in [2.24, 2.45) is 5.73 Å². The summed E-state index contributed by atoms with van der Waals surface area (Å²) in [5, 5.41) is 19.8. The molecule has 0 aliphatic carbocycles. The van der Waals surface area contributed by atoms with Gasteiger partial charge in [0.05, 0.1) is 5.56 Å². The number of aromatic amines is 1. The summed E-state index contributed by atoms with van der Waals surface area (Å²) in [5.74, 6) is -0.497. The van der Waals surface area contributed by atoms with E-state index in [1.54, 1.807) is 6.20 Å². The zero-order valence-electron chi connectivity index (χ0n) is 11.4. The first-order valence-corrected chi connectivity index (χ1v) is 6.38. The Hall–Kier alpha value is -2.71. The summed E-state index contributed by atoms with van der Waals surface area (Å²) >= 11 is 0. The summed E-state index contributed by atoms with van der Waals surface area (Å²) in [4.78, 5) is 2.92. The number of nitrogens with one attached hydrogen (secondary N) is 5. The van der Waals surface area contributed by atoms with Crippen LogP contribution in [-0.4, -0.2) is 23.4 Å². The van der Waals surface area contributed by atoms with Crippen molar-refractivity contribution in [3.8, 4) is 0 Å². The molecule has 0 amide bonds. The number of nitrogens with two attached hydrogens (primary N) is 1. The van der Waals surface area contributed by atoms with Gasteiger partial charge >= 0.3 is 6.18 Å². The van der Waals surface area contributed by atoms with Crippen molar-refractivity contribution in [3.05, 3.63) is 35.5 Å². The van der Waals surface area contributed by atoms with Crippen LogP contribution >= 0.6 is 0 Å². The Morgan fingerprint density at radius 2 is 2.00 bits per heavy atom. The van der Waals surface area contributed by atoms with E-state index >= 15 is 0 Å². The van der Waals surface area contributed by atoms with Crippen LogP contribution in [0.5, 0.6) is 0 Å². The number of rotatable bonds is 3. The van der Waals surface area contributed by atoms with Gasteiger partial charge in [-0.25, -0.2) is 0 Å². The smallest absolute Gasteiger partial charge is 0.370 e. The molecule has 118 valence electrons. The second kappa shape index (κ2) is 5.96. The highest BCUT2D eigenvalue weighted by atomic mass is 19.4. The molecule has 0 aliphatic rings. The van der Waals surface area contributed by atoms with E-state index in [1.165, 1.54) is 6.07 Å². The quantitative estimate of drug-likeness (QED) is 0.383. The van der Waals surface area contributed by atoms with Gasteiger partial charge in [-0.05, 0) is 30.2 Å². The van der Waals surface area contributed by atoms with E-state index in [-0.39, 0.29) is 11.9 Å². The SMILES string of the molecule is N=C(N)NC(=N)NCCc1c[nH]c2ccc(C(F)(F)F)cc12. The average molecular weight is 312 g/mol. The van der Waals surface area contributed by atoms with Gasteiger partial charge in [0.2, 0.25) is 0 Å². The molecule has 0 atom stereocenters. The topological polar surface area (TPSA) is 114 Å². The van der Waals surface area contributed by atoms with Crippen LogP contribution in [0.15, 0.2) is 24.4 Å². The number of hydrogen-bond donors (Lipinski definition) is 6. The molecule has 2 aromatic rings. The second-order valence-electron chi connectivity index (χ2n) is 4.66. The predicted octanol–water partition coefficient (Wildman–Crippen LogP) is 1.74. The molecule has 1 aromatic heterocycles. The van der Waals surface area contributed by atoms with Crippen LogP contribution < -0.4 is 16.4 Å². The van der Waals surface area contributed by atoms with Gasteiger partial charge in [0.1, 0.15) is 0 Å². The Bertz CT molecular complexity index is 703. The number of aromatic nitrogens is 1. The van der Waals surface area contributed by atoms with Crippen molar-refractivity contribution < 1.29 is 13.2 Å². The molecule has 0 saturated heterocycles. The number of benzene rings is 1. The van der Waals surface area contributed by atoms with Crippen LogP contribution in [0.1, 0.15) is 11.1 Å². The Morgan fingerprint density at radius 3 is 2.64 bits per heavy atom. The zero-order valence-corrected chi connectivity index (χ0v) is 11.4. The first-order chi connectivity index (χ1) is 10.3. The third kappa shape index (κ3) is 3.68. The van der Waals surface area contributed by atoms with Crippen LogP contribution in [0.2, 0.25) is 0 Å². The Morgan fingerprint density at radius 1 is 1.27 bits per heavy atom. The van der Waals surface area contributed by atoms with E-state index in [0.29, 0.717) is 29.4 Å². The molecular weight excluding hydrogens is 297 g/mol. The molecule has 0 fully saturated rings. The van der Waals surface area contributed by atoms with Gasteiger partial charge < -0.3 is 16.0 Å². The Balaban J connectivity index is 2.08. The number of guanidine groups is 2. The summed E-state index contributed by atoms with van der Waals surface area (Å²) in [6, 6.07) is 3.54. The summed E-state index contributed by atoms with van der Waals surface area (Å²) in [6.07, 6.45) is -2.31. The van der Waals surface area contributed by atoms with E-state index in [9.17, 15) is 13.2 Å². The number of H-pyrrole nitrogens is 1. The lowest BCUT2D eigenvalue weighted by molar-refractivity contribution is -0.137. The lowest BCUT2D eigenvalue weighted by Gasteiger charge is -2.09. The van der Waals surface area contributed by atoms with Crippen molar-refractivity contribution in [2.45, 2.75) is 12.6 Å². The van der Waals surface area contributed by atoms with Crippen LogP contribution in [0.4, 0.5) is 13.2 Å². The highest BCUT2D eigenvalue weighted by Crippen LogP contribution is 2.32. The molecule has 0 radical (unpaired) electrons. The van der Waals surface area contributed by atoms with Crippen molar-refractivity contribution in [1.82, 2.24) is 15.6 Å². The standard InChI is InChI=1S/C13H15F3N6/c14-13(15,16)8-1-2-10-9(5-8)7(6-21-10)3-4-20-12(19)22-11(17)18/h1-2,5-6,21H,3-4H2,(H6,17,18,19,20,22). The third-order valence-electron chi connectivity index (χ3n) is 3.05. The Kier molecular flexibility index (Phi) is 4.25. The number of halogens is 3. The maximum absolute atomic E-state index is 12.7. The fourth-order valence-corrected chi connectivity index (χ4v) is 2.06. The average Bonchev–Trinajstić information content (AvgIpc) is 2.79. The van der Waals surface area contributed by atoms with Gasteiger partial charge in [0.15, 0.2) is 11.9 Å². The lowest BCUT2D eigenvalue weighted by Crippen LogP contribution is -2.43. The number of alkyl halides is 3. The molecule has 0 bridgehead atoms. The Labute approximate surface area is 123 Å². The van der Waals surface area contributed by atoms with Crippen LogP contribution in [0.3, 0.4) is 0 Å². The van der Waals surface area contributed by atoms with Crippen LogP contribution in [-0.2, 0) is 12.6 Å². The van der Waals surface area contributed by atoms with Crippen LogP contribution in [0, 0.1) is 10.8 Å². The fourth-order valence-electron chi connectivity index (χ4n) is 2.06. The number of fused-ring (bicyclic) bond motifs is 1. The molecule has 1 heterocycles. The van der Waals surface area contributed by atoms with E-state index in [4.69, 9.17) is 16.6 Å². The third-order valence-corrected chi connectivity index (χ3v) is 3.05. The normalized spacial score (nSPS) is 11.4. The molecule has 9 heteroatoms. The van der Waals surface area contributed by atoms with E-state index < -0.39 is 11.7 Å². The molecule has 7 N–H and O–H groups in total. The molecule has 1 aromatic carbocycles. The predicted molar refractivity (Wildman–Crippen MR) is 77.8 cm³/mol. The molecule has 0 spiro atoms. The van der Waals surface area contributed by atoms with Gasteiger partial charge in [0, 0.05) is 23.6 Å². The largest absolute Gasteiger partial charge is 0.416 e. The summed E-state index contributed by atoms with van der Waals surface area (Å²) in [7, 11) is 0. The van der Waals surface area contributed by atoms with Gasteiger partial charge in [-0.3, -0.25) is 16.1 Å². The van der Waals surface area contributed by atoms with Gasteiger partial charge in [-0.15, -0.1) is 0 Å². The molecule has 22 heavy (non-hydrogen) atoms. The summed E-state index contributed by atoms with van der Waals surface area (Å²) in [5.41, 5.74) is 5.71. The van der Waals surface area contributed by atoms with Crippen molar-refractivity contribution in [1.29, 1.82) is 10.8 Å². The minimum atomic E-state index is -4.38. The minimum Gasteiger partial charge on any atom is -0.370 e. The van der Waals surface area contributed by atoms with E-state index in [2.05, 4.69) is 15.6 Å². The fraction of sp³-hybridized carbons (Fsp3) is 0.231. The van der Waals surface area contributed by atoms with Gasteiger partial charge in [-0.2, -0.15) is 13.2 Å². The lowest BCUT2D eigenvalue weighted by atomic mass is 10.1. The zero-order chi connectivity index (χ0) is 16.3. The first kappa shape index (κ1) is 15.7. The van der Waals surface area contributed by atoms with E-state index in [1.807, 2.05) is 0 Å². The maximum Gasteiger partial charge on any atom is 0.416 e. The minimum absolute atomic E-state index is 0.136. The molecule has 0 aliphatic heterocycles. The van der Waals surface area contributed by atoms with Crippen LogP contribution in [0.25, 0.3) is 10.9 Å². The van der Waals surface area contributed by atoms with Crippen molar-refractivity contribution in [2.75, 3.05) is 6.54 Å². The van der Waals surface area contributed by atoms with Gasteiger partial charge in [0.25, 0.3) is 0 Å². The monoisotopic (exact) mass is 312 g/mol. The highest BCUT2D eigenvalue weighted by molar-refractivity contribution is 5.94. The van der Waals surface area contributed by atoms with E-state index in [0.717, 1.165) is 12.1 Å². The van der Waals surface area contributed by atoms with Gasteiger partial charge in [-0.1, -0.05) is 0 Å².